The molecule has 0 aliphatic heterocycles. The molecular weight excluding hydrogens is 538 g/mol. The molecule has 39 heavy (non-hydrogen) atoms. The zero-order valence-corrected chi connectivity index (χ0v) is 22.7. The lowest BCUT2D eigenvalue weighted by molar-refractivity contribution is 0.321. The first kappa shape index (κ1) is 26.3. The van der Waals surface area contributed by atoms with E-state index in [0.717, 1.165) is 28.2 Å². The molecule has 3 aromatic carbocycles. The predicted molar refractivity (Wildman–Crippen MR) is 152 cm³/mol. The number of ether oxygens (including phenoxy) is 2. The van der Waals surface area contributed by atoms with Gasteiger partial charge in [-0.15, -0.1) is 0 Å². The molecule has 198 valence electrons. The van der Waals surface area contributed by atoms with Gasteiger partial charge in [0.1, 0.15) is 17.2 Å². The lowest BCUT2D eigenvalue weighted by Gasteiger charge is -2.13. The molecule has 0 unspecified atom stereocenters. The van der Waals surface area contributed by atoms with Crippen molar-refractivity contribution in [1.82, 2.24) is 19.2 Å². The van der Waals surface area contributed by atoms with E-state index in [1.54, 1.807) is 30.9 Å². The molecule has 0 aliphatic carbocycles. The summed E-state index contributed by atoms with van der Waals surface area (Å²) in [6, 6.07) is 22.3. The van der Waals surface area contributed by atoms with E-state index in [4.69, 9.17) is 26.1 Å². The number of methoxy groups -OCH3 is 2. The van der Waals surface area contributed by atoms with Gasteiger partial charge in [-0.25, -0.2) is 9.78 Å². The number of hydrogen-bond donors (Lipinski definition) is 1. The summed E-state index contributed by atoms with van der Waals surface area (Å²) in [6.07, 6.45) is 1.19. The van der Waals surface area contributed by atoms with Crippen LogP contribution in [0.2, 0.25) is 5.02 Å². The minimum absolute atomic E-state index is 0.274. The highest BCUT2D eigenvalue weighted by atomic mass is 35.5. The number of nitrogens with zero attached hydrogens (tertiary/aromatic N) is 5. The molecule has 9 nitrogen and oxygen atoms in total. The van der Waals surface area contributed by atoms with Crippen LogP contribution >= 0.6 is 23.4 Å². The van der Waals surface area contributed by atoms with E-state index in [1.165, 1.54) is 22.5 Å². The quantitative estimate of drug-likeness (QED) is 0.112. The standard InChI is InChI=1S/C28H24ClN5O4S/c1-37-22-11-3-18(4-12-22)16-33-27(39-17-19-5-13-23(38-2)14-6-19)31-26-25(20-7-9-21(29)10-8-20)24(15-30-36)32-34(26)28(33)35/h3-15,36H,16-17H2,1-2H3/b30-15+. The van der Waals surface area contributed by atoms with Crippen LogP contribution in [-0.2, 0) is 12.3 Å². The van der Waals surface area contributed by atoms with Gasteiger partial charge in [0, 0.05) is 10.8 Å². The Balaban J connectivity index is 1.65. The Morgan fingerprint density at radius 1 is 0.949 bits per heavy atom. The van der Waals surface area contributed by atoms with Crippen LogP contribution in [0.1, 0.15) is 16.8 Å². The van der Waals surface area contributed by atoms with Crippen LogP contribution in [0.5, 0.6) is 11.5 Å². The SMILES string of the molecule is COc1ccc(CSc2nc3c(-c4ccc(Cl)cc4)c(/C=N/O)nn3c(=O)n2Cc2ccc(OC)cc2)cc1. The second kappa shape index (κ2) is 11.6. The topological polar surface area (TPSA) is 103 Å². The van der Waals surface area contributed by atoms with Crippen molar-refractivity contribution in [3.05, 3.63) is 105 Å². The fourth-order valence-corrected chi connectivity index (χ4v) is 5.14. The number of thioether (sulfide) groups is 1. The average molecular weight is 562 g/mol. The van der Waals surface area contributed by atoms with Crippen molar-refractivity contribution in [1.29, 1.82) is 0 Å². The van der Waals surface area contributed by atoms with Gasteiger partial charge in [0.2, 0.25) is 0 Å². The van der Waals surface area contributed by atoms with Crippen molar-refractivity contribution in [3.63, 3.8) is 0 Å². The molecule has 1 N–H and O–H groups in total. The number of aromatic nitrogens is 4. The Labute approximate surface area is 233 Å². The Morgan fingerprint density at radius 2 is 1.56 bits per heavy atom. The van der Waals surface area contributed by atoms with Gasteiger partial charge in [0.25, 0.3) is 0 Å². The van der Waals surface area contributed by atoms with Gasteiger partial charge in [0.15, 0.2) is 10.8 Å². The molecule has 0 aliphatic rings. The van der Waals surface area contributed by atoms with E-state index in [-0.39, 0.29) is 12.2 Å². The fourth-order valence-electron chi connectivity index (χ4n) is 4.08. The van der Waals surface area contributed by atoms with Gasteiger partial charge in [0.05, 0.1) is 32.5 Å². The molecule has 0 saturated heterocycles. The summed E-state index contributed by atoms with van der Waals surface area (Å²) < 4.78 is 13.4. The minimum atomic E-state index is -0.374. The zero-order valence-electron chi connectivity index (χ0n) is 21.1. The van der Waals surface area contributed by atoms with Crippen LogP contribution in [0.3, 0.4) is 0 Å². The van der Waals surface area contributed by atoms with Crippen molar-refractivity contribution < 1.29 is 14.7 Å². The first-order valence-electron chi connectivity index (χ1n) is 11.9. The Morgan fingerprint density at radius 3 is 2.15 bits per heavy atom. The number of fused-ring (bicyclic) bond motifs is 1. The molecule has 0 amide bonds. The lowest BCUT2D eigenvalue weighted by Crippen LogP contribution is -2.30. The van der Waals surface area contributed by atoms with Crippen LogP contribution in [0.4, 0.5) is 0 Å². The largest absolute Gasteiger partial charge is 0.497 e. The highest BCUT2D eigenvalue weighted by molar-refractivity contribution is 7.98. The Kier molecular flexibility index (Phi) is 7.85. The molecule has 5 aromatic rings. The third-order valence-corrected chi connectivity index (χ3v) is 7.37. The van der Waals surface area contributed by atoms with Crippen LogP contribution < -0.4 is 15.2 Å². The summed E-state index contributed by atoms with van der Waals surface area (Å²) in [5.41, 5.74) is 3.51. The molecular formula is C28H24ClN5O4S. The number of oxime groups is 1. The van der Waals surface area contributed by atoms with Crippen LogP contribution in [0.25, 0.3) is 16.8 Å². The number of rotatable bonds is 9. The van der Waals surface area contributed by atoms with Gasteiger partial charge in [-0.05, 0) is 53.1 Å². The van der Waals surface area contributed by atoms with E-state index in [0.29, 0.717) is 32.8 Å². The molecule has 0 radical (unpaired) electrons. The number of hydrogen-bond acceptors (Lipinski definition) is 8. The van der Waals surface area contributed by atoms with Gasteiger partial charge >= 0.3 is 5.69 Å². The highest BCUT2D eigenvalue weighted by Crippen LogP contribution is 2.30. The first-order valence-corrected chi connectivity index (χ1v) is 13.2. The molecule has 11 heteroatoms. The molecule has 2 heterocycles. The van der Waals surface area contributed by atoms with Gasteiger partial charge in [-0.2, -0.15) is 9.61 Å². The van der Waals surface area contributed by atoms with Crippen molar-refractivity contribution in [2.24, 2.45) is 5.16 Å². The summed E-state index contributed by atoms with van der Waals surface area (Å²) >= 11 is 7.54. The smallest absolute Gasteiger partial charge is 0.353 e. The van der Waals surface area contributed by atoms with Gasteiger partial charge in [-0.3, -0.25) is 4.57 Å². The molecule has 0 saturated carbocycles. The van der Waals surface area contributed by atoms with Gasteiger partial charge in [-0.1, -0.05) is 64.9 Å². The molecule has 2 aromatic heterocycles. The maximum Gasteiger partial charge on any atom is 0.353 e. The Bertz CT molecular complexity index is 1680. The maximum atomic E-state index is 13.9. The second-order valence-corrected chi connectivity index (χ2v) is 9.87. The summed E-state index contributed by atoms with van der Waals surface area (Å²) in [4.78, 5) is 18.8. The Hall–Kier alpha value is -4.28. The van der Waals surface area contributed by atoms with E-state index >= 15 is 0 Å². The van der Waals surface area contributed by atoms with Crippen molar-refractivity contribution >= 4 is 35.2 Å². The zero-order chi connectivity index (χ0) is 27.4. The third-order valence-electron chi connectivity index (χ3n) is 6.07. The van der Waals surface area contributed by atoms with E-state index in [9.17, 15) is 10.0 Å². The second-order valence-electron chi connectivity index (χ2n) is 8.50. The molecule has 5 rings (SSSR count). The summed E-state index contributed by atoms with van der Waals surface area (Å²) in [5.74, 6) is 2.07. The predicted octanol–water partition coefficient (Wildman–Crippen LogP) is 5.38. The molecule has 0 bridgehead atoms. The molecule has 0 fully saturated rings. The van der Waals surface area contributed by atoms with E-state index in [2.05, 4.69) is 10.3 Å². The number of halogens is 1. The summed E-state index contributed by atoms with van der Waals surface area (Å²) in [6.45, 7) is 0.274. The van der Waals surface area contributed by atoms with Crippen LogP contribution in [-0.4, -0.2) is 44.8 Å². The average Bonchev–Trinajstić information content (AvgIpc) is 3.33. The molecule has 0 spiro atoms. The summed E-state index contributed by atoms with van der Waals surface area (Å²) in [5, 5.41) is 18.0. The highest BCUT2D eigenvalue weighted by Gasteiger charge is 2.21. The van der Waals surface area contributed by atoms with Crippen molar-refractivity contribution in [2.75, 3.05) is 14.2 Å². The summed E-state index contributed by atoms with van der Waals surface area (Å²) in [7, 11) is 3.23. The first-order chi connectivity index (χ1) is 19.0. The monoisotopic (exact) mass is 561 g/mol. The van der Waals surface area contributed by atoms with E-state index < -0.39 is 0 Å². The number of benzene rings is 3. The lowest BCUT2D eigenvalue weighted by atomic mass is 10.1. The van der Waals surface area contributed by atoms with E-state index in [1.807, 2.05) is 60.7 Å². The van der Waals surface area contributed by atoms with Gasteiger partial charge < -0.3 is 14.7 Å². The third kappa shape index (κ3) is 5.62. The van der Waals surface area contributed by atoms with Crippen molar-refractivity contribution in [2.45, 2.75) is 17.5 Å². The minimum Gasteiger partial charge on any atom is -0.497 e. The normalized spacial score (nSPS) is 11.4. The maximum absolute atomic E-state index is 13.9. The van der Waals surface area contributed by atoms with Crippen molar-refractivity contribution in [3.8, 4) is 22.6 Å². The van der Waals surface area contributed by atoms with Crippen LogP contribution in [0.15, 0.2) is 87.9 Å². The fraction of sp³-hybridized carbons (Fsp3) is 0.143. The van der Waals surface area contributed by atoms with Crippen LogP contribution in [0, 0.1) is 0 Å². The molecule has 0 atom stereocenters.